The van der Waals surface area contributed by atoms with Crippen LogP contribution in [0.4, 0.5) is 0 Å². The van der Waals surface area contributed by atoms with E-state index in [0.717, 1.165) is 33.0 Å². The molecule has 0 unspecified atom stereocenters. The highest BCUT2D eigenvalue weighted by Crippen LogP contribution is 2.26. The maximum absolute atomic E-state index is 5.38. The molecule has 2 rings (SSSR count). The summed E-state index contributed by atoms with van der Waals surface area (Å²) >= 11 is 0. The van der Waals surface area contributed by atoms with Crippen LogP contribution >= 0.6 is 0 Å². The van der Waals surface area contributed by atoms with E-state index in [4.69, 9.17) is 9.47 Å². The fraction of sp³-hybridized carbons (Fsp3) is 1.00. The summed E-state index contributed by atoms with van der Waals surface area (Å²) in [5.41, 5.74) is 0.248. The highest BCUT2D eigenvalue weighted by Gasteiger charge is 2.44. The highest BCUT2D eigenvalue weighted by atomic mass is 16.5. The second kappa shape index (κ2) is 4.21. The largest absolute Gasteiger partial charge is 0.378 e. The van der Waals surface area contributed by atoms with E-state index in [1.807, 2.05) is 13.8 Å². The molecule has 0 N–H and O–H groups in total. The summed E-state index contributed by atoms with van der Waals surface area (Å²) in [6.07, 6.45) is 0. The summed E-state index contributed by atoms with van der Waals surface area (Å²) in [5.74, 6) is 0. The Bertz CT molecular complexity index is 134. The Morgan fingerprint density at radius 2 is 1.67 bits per heavy atom. The topological polar surface area (TPSA) is 21.7 Å². The van der Waals surface area contributed by atoms with Crippen molar-refractivity contribution in [3.8, 4) is 0 Å². The zero-order valence-corrected chi connectivity index (χ0v) is 8.30. The van der Waals surface area contributed by atoms with E-state index in [-0.39, 0.29) is 5.54 Å². The van der Waals surface area contributed by atoms with E-state index in [9.17, 15) is 0 Å². The van der Waals surface area contributed by atoms with Crippen LogP contribution in [0.1, 0.15) is 13.8 Å². The Morgan fingerprint density at radius 1 is 1.08 bits per heavy atom. The molecular weight excluding hydrogens is 154 g/mol. The molecule has 2 aliphatic rings. The van der Waals surface area contributed by atoms with Gasteiger partial charge in [-0.3, -0.25) is 4.90 Å². The Morgan fingerprint density at radius 3 is 2.00 bits per heavy atom. The molecule has 0 amide bonds. The van der Waals surface area contributed by atoms with Gasteiger partial charge in [0.05, 0.1) is 32.0 Å². The second-order valence-electron chi connectivity index (χ2n) is 3.19. The van der Waals surface area contributed by atoms with Gasteiger partial charge in [0.25, 0.3) is 0 Å². The minimum absolute atomic E-state index is 0.248. The van der Waals surface area contributed by atoms with Gasteiger partial charge >= 0.3 is 0 Å². The van der Waals surface area contributed by atoms with Crippen molar-refractivity contribution < 1.29 is 9.47 Å². The molecule has 2 heterocycles. The predicted molar refractivity (Wildman–Crippen MR) is 48.3 cm³/mol. The number of ether oxygens (including phenoxy) is 2. The van der Waals surface area contributed by atoms with E-state index in [2.05, 4.69) is 11.9 Å². The molecule has 3 heteroatoms. The average Bonchev–Trinajstić information content (AvgIpc) is 2.06. The van der Waals surface area contributed by atoms with Crippen LogP contribution in [0.15, 0.2) is 0 Å². The zero-order chi connectivity index (χ0) is 9.03. The van der Waals surface area contributed by atoms with Crippen molar-refractivity contribution in [2.24, 2.45) is 0 Å². The van der Waals surface area contributed by atoms with Crippen LogP contribution in [-0.4, -0.2) is 50.5 Å². The van der Waals surface area contributed by atoms with E-state index >= 15 is 0 Å². The minimum Gasteiger partial charge on any atom is -0.378 e. The number of hydrogen-bond donors (Lipinski definition) is 0. The molecule has 0 aromatic rings. The molecule has 0 aromatic heterocycles. The summed E-state index contributed by atoms with van der Waals surface area (Å²) in [6, 6.07) is 0. The van der Waals surface area contributed by atoms with Gasteiger partial charge in [0.1, 0.15) is 0 Å². The van der Waals surface area contributed by atoms with Gasteiger partial charge in [0, 0.05) is 6.54 Å². The van der Waals surface area contributed by atoms with E-state index in [1.54, 1.807) is 0 Å². The van der Waals surface area contributed by atoms with Crippen LogP contribution in [0.5, 0.6) is 0 Å². The molecule has 72 valence electrons. The minimum atomic E-state index is 0.248. The molecule has 2 aliphatic heterocycles. The summed E-state index contributed by atoms with van der Waals surface area (Å²) in [5, 5.41) is 0. The first-order valence-electron chi connectivity index (χ1n) is 4.70. The van der Waals surface area contributed by atoms with Gasteiger partial charge in [0.2, 0.25) is 0 Å². The van der Waals surface area contributed by atoms with Gasteiger partial charge in [-0.15, -0.1) is 0 Å². The molecule has 0 aliphatic carbocycles. The third kappa shape index (κ3) is 1.63. The SMILES string of the molecule is CC.CN1CCOCC12COC2. The fourth-order valence-electron chi connectivity index (χ4n) is 1.45. The summed E-state index contributed by atoms with van der Waals surface area (Å²) in [6.45, 7) is 8.47. The third-order valence-electron chi connectivity index (χ3n) is 2.49. The van der Waals surface area contributed by atoms with Gasteiger partial charge in [-0.25, -0.2) is 0 Å². The standard InChI is InChI=1S/C7H13NO2.C2H6/c1-8-2-3-9-4-7(8)5-10-6-7;1-2/h2-6H2,1H3;1-2H3. The third-order valence-corrected chi connectivity index (χ3v) is 2.49. The molecule has 0 atom stereocenters. The summed E-state index contributed by atoms with van der Waals surface area (Å²) < 4.78 is 10.5. The lowest BCUT2D eigenvalue weighted by atomic mass is 9.96. The summed E-state index contributed by atoms with van der Waals surface area (Å²) in [7, 11) is 2.14. The van der Waals surface area contributed by atoms with Crippen molar-refractivity contribution in [2.45, 2.75) is 19.4 Å². The van der Waals surface area contributed by atoms with Crippen molar-refractivity contribution in [2.75, 3.05) is 40.0 Å². The average molecular weight is 173 g/mol. The smallest absolute Gasteiger partial charge is 0.0913 e. The molecule has 1 spiro atoms. The first-order valence-corrected chi connectivity index (χ1v) is 4.70. The Hall–Kier alpha value is -0.120. The number of morpholine rings is 1. The number of rotatable bonds is 0. The lowest BCUT2D eigenvalue weighted by molar-refractivity contribution is -0.189. The lowest BCUT2D eigenvalue weighted by Crippen LogP contribution is -2.66. The molecule has 3 nitrogen and oxygen atoms in total. The van der Waals surface area contributed by atoms with E-state index in [0.29, 0.717) is 0 Å². The van der Waals surface area contributed by atoms with Crippen molar-refractivity contribution in [1.82, 2.24) is 4.90 Å². The predicted octanol–water partition coefficient (Wildman–Crippen LogP) is 0.744. The molecule has 2 fully saturated rings. The maximum atomic E-state index is 5.38. The van der Waals surface area contributed by atoms with Gasteiger partial charge in [0.15, 0.2) is 0 Å². The van der Waals surface area contributed by atoms with Gasteiger partial charge < -0.3 is 9.47 Å². The first kappa shape index (κ1) is 9.96. The highest BCUT2D eigenvalue weighted by molar-refractivity contribution is 4.97. The van der Waals surface area contributed by atoms with Crippen LogP contribution in [-0.2, 0) is 9.47 Å². The second-order valence-corrected chi connectivity index (χ2v) is 3.19. The number of likely N-dealkylation sites (N-methyl/N-ethyl adjacent to an activating group) is 1. The monoisotopic (exact) mass is 173 g/mol. The van der Waals surface area contributed by atoms with Crippen LogP contribution in [0.3, 0.4) is 0 Å². The Labute approximate surface area is 74.6 Å². The maximum Gasteiger partial charge on any atom is 0.0913 e. The lowest BCUT2D eigenvalue weighted by Gasteiger charge is -2.50. The number of hydrogen-bond acceptors (Lipinski definition) is 3. The van der Waals surface area contributed by atoms with Crippen LogP contribution in [0.2, 0.25) is 0 Å². The van der Waals surface area contributed by atoms with E-state index < -0.39 is 0 Å². The Balaban J connectivity index is 0.000000336. The molecule has 0 aromatic carbocycles. The van der Waals surface area contributed by atoms with Gasteiger partial charge in [-0.05, 0) is 7.05 Å². The fourth-order valence-corrected chi connectivity index (χ4v) is 1.45. The molecule has 12 heavy (non-hydrogen) atoms. The van der Waals surface area contributed by atoms with Gasteiger partial charge in [-0.2, -0.15) is 0 Å². The molecule has 0 radical (unpaired) electrons. The molecule has 0 bridgehead atoms. The Kier molecular flexibility index (Phi) is 3.50. The number of nitrogens with zero attached hydrogens (tertiary/aromatic N) is 1. The van der Waals surface area contributed by atoms with Crippen LogP contribution < -0.4 is 0 Å². The van der Waals surface area contributed by atoms with Crippen molar-refractivity contribution in [3.05, 3.63) is 0 Å². The first-order chi connectivity index (χ1) is 5.83. The normalized spacial score (nSPS) is 27.2. The molecular formula is C9H19NO2. The van der Waals surface area contributed by atoms with Crippen molar-refractivity contribution in [3.63, 3.8) is 0 Å². The molecule has 2 saturated heterocycles. The van der Waals surface area contributed by atoms with Crippen LogP contribution in [0, 0.1) is 0 Å². The van der Waals surface area contributed by atoms with Crippen LogP contribution in [0.25, 0.3) is 0 Å². The zero-order valence-electron chi connectivity index (χ0n) is 8.30. The quantitative estimate of drug-likeness (QED) is 0.539. The van der Waals surface area contributed by atoms with Crippen molar-refractivity contribution in [1.29, 1.82) is 0 Å². The summed E-state index contributed by atoms with van der Waals surface area (Å²) in [4.78, 5) is 2.35. The van der Waals surface area contributed by atoms with E-state index in [1.165, 1.54) is 0 Å². The van der Waals surface area contributed by atoms with Gasteiger partial charge in [-0.1, -0.05) is 13.8 Å². The molecule has 0 saturated carbocycles. The van der Waals surface area contributed by atoms with Crippen molar-refractivity contribution >= 4 is 0 Å².